The number of carbonyl (C=O) groups is 1. The molecule has 1 N–H and O–H groups in total. The van der Waals surface area contributed by atoms with E-state index in [0.717, 1.165) is 5.56 Å². The summed E-state index contributed by atoms with van der Waals surface area (Å²) in [4.78, 5) is 14.7. The van der Waals surface area contributed by atoms with Gasteiger partial charge in [0, 0.05) is 24.6 Å². The maximum Gasteiger partial charge on any atom is 0.453 e. The van der Waals surface area contributed by atoms with Crippen LogP contribution in [-0.4, -0.2) is 45.9 Å². The van der Waals surface area contributed by atoms with Crippen LogP contribution >= 0.6 is 0 Å². The number of benzene rings is 1. The Kier molecular flexibility index (Phi) is 5.90. The maximum absolute atomic E-state index is 13.1. The van der Waals surface area contributed by atoms with Gasteiger partial charge < -0.3 is 15.0 Å². The van der Waals surface area contributed by atoms with Crippen LogP contribution in [0.25, 0.3) is 5.65 Å². The maximum atomic E-state index is 13.1. The Hall–Kier alpha value is -3.37. The van der Waals surface area contributed by atoms with Crippen molar-refractivity contribution in [2.24, 2.45) is 5.92 Å². The van der Waals surface area contributed by atoms with Crippen LogP contribution in [-0.2, 0) is 11.0 Å². The number of fused-ring (bicyclic) bond motifs is 1. The molecular formula is C21H23F3N6O2. The number of hydrogen-bond donors (Lipinski definition) is 1. The van der Waals surface area contributed by atoms with Crippen LogP contribution in [0.3, 0.4) is 0 Å². The molecule has 0 aliphatic carbocycles. The second-order valence-electron chi connectivity index (χ2n) is 7.72. The van der Waals surface area contributed by atoms with Crippen LogP contribution < -0.4 is 15.0 Å². The molecule has 1 atom stereocenters. The molecule has 1 aliphatic heterocycles. The minimum atomic E-state index is -4.64. The van der Waals surface area contributed by atoms with E-state index in [1.54, 1.807) is 13.2 Å². The van der Waals surface area contributed by atoms with E-state index in [4.69, 9.17) is 4.74 Å². The van der Waals surface area contributed by atoms with Crippen LogP contribution in [0, 0.1) is 5.92 Å². The largest absolute Gasteiger partial charge is 0.496 e. The van der Waals surface area contributed by atoms with Crippen LogP contribution in [0.2, 0.25) is 0 Å². The Morgan fingerprint density at radius 2 is 1.88 bits per heavy atom. The predicted octanol–water partition coefficient (Wildman–Crippen LogP) is 3.25. The van der Waals surface area contributed by atoms with Crippen LogP contribution in [0.4, 0.5) is 19.0 Å². The third-order valence-electron chi connectivity index (χ3n) is 5.66. The van der Waals surface area contributed by atoms with Gasteiger partial charge in [0.25, 0.3) is 5.82 Å². The molecule has 0 radical (unpaired) electrons. The lowest BCUT2D eigenvalue weighted by Gasteiger charge is -2.32. The van der Waals surface area contributed by atoms with Crippen molar-refractivity contribution in [3.63, 3.8) is 0 Å². The number of aromatic nitrogens is 4. The second kappa shape index (κ2) is 8.64. The van der Waals surface area contributed by atoms with Crippen LogP contribution in [0.5, 0.6) is 5.75 Å². The Morgan fingerprint density at radius 1 is 1.16 bits per heavy atom. The topological polar surface area (TPSA) is 84.6 Å². The number of alkyl halides is 3. The summed E-state index contributed by atoms with van der Waals surface area (Å²) in [5.74, 6) is -0.292. The van der Waals surface area contributed by atoms with E-state index in [1.165, 1.54) is 6.07 Å². The minimum absolute atomic E-state index is 0.0284. The lowest BCUT2D eigenvalue weighted by molar-refractivity contribution is -0.146. The molecule has 0 spiro atoms. The van der Waals surface area contributed by atoms with Crippen molar-refractivity contribution in [2.75, 3.05) is 25.1 Å². The molecular weight excluding hydrogens is 425 g/mol. The van der Waals surface area contributed by atoms with E-state index in [2.05, 4.69) is 20.6 Å². The molecule has 2 aromatic heterocycles. The van der Waals surface area contributed by atoms with Crippen LogP contribution in [0.15, 0.2) is 36.4 Å². The molecule has 0 bridgehead atoms. The van der Waals surface area contributed by atoms with E-state index >= 15 is 0 Å². The third kappa shape index (κ3) is 4.32. The second-order valence-corrected chi connectivity index (χ2v) is 7.72. The first-order valence-electron chi connectivity index (χ1n) is 10.3. The van der Waals surface area contributed by atoms with Crippen LogP contribution in [0.1, 0.15) is 37.2 Å². The highest BCUT2D eigenvalue weighted by Gasteiger charge is 2.38. The van der Waals surface area contributed by atoms with Gasteiger partial charge in [0.05, 0.1) is 13.2 Å². The first-order chi connectivity index (χ1) is 15.3. The molecule has 3 heterocycles. The zero-order valence-electron chi connectivity index (χ0n) is 17.6. The fraction of sp³-hybridized carbons (Fsp3) is 0.429. The number of para-hydroxylation sites is 1. The molecule has 8 nitrogen and oxygen atoms in total. The van der Waals surface area contributed by atoms with Gasteiger partial charge in [0.2, 0.25) is 5.91 Å². The van der Waals surface area contributed by atoms with E-state index in [0.29, 0.717) is 42.0 Å². The van der Waals surface area contributed by atoms with Gasteiger partial charge in [0.1, 0.15) is 11.6 Å². The highest BCUT2D eigenvalue weighted by Crippen LogP contribution is 2.29. The zero-order chi connectivity index (χ0) is 22.9. The van der Waals surface area contributed by atoms with E-state index in [-0.39, 0.29) is 23.5 Å². The quantitative estimate of drug-likeness (QED) is 0.645. The lowest BCUT2D eigenvalue weighted by Crippen LogP contribution is -2.41. The van der Waals surface area contributed by atoms with Gasteiger partial charge in [-0.25, -0.2) is 0 Å². The van der Waals surface area contributed by atoms with Gasteiger partial charge in [-0.15, -0.1) is 15.3 Å². The van der Waals surface area contributed by atoms with Crippen molar-refractivity contribution in [3.05, 3.63) is 47.8 Å². The number of halogens is 3. The average Bonchev–Trinajstić information content (AvgIpc) is 3.23. The highest BCUT2D eigenvalue weighted by atomic mass is 19.4. The molecule has 170 valence electrons. The van der Waals surface area contributed by atoms with E-state index in [9.17, 15) is 18.0 Å². The first-order valence-corrected chi connectivity index (χ1v) is 10.3. The molecule has 32 heavy (non-hydrogen) atoms. The molecule has 3 aromatic rings. The minimum Gasteiger partial charge on any atom is -0.496 e. The van der Waals surface area contributed by atoms with E-state index in [1.807, 2.05) is 36.1 Å². The summed E-state index contributed by atoms with van der Waals surface area (Å²) in [7, 11) is 1.59. The summed E-state index contributed by atoms with van der Waals surface area (Å²) in [6, 6.07) is 10.4. The Balaban J connectivity index is 1.40. The molecule has 1 aliphatic rings. The third-order valence-corrected chi connectivity index (χ3v) is 5.66. The van der Waals surface area contributed by atoms with Gasteiger partial charge in [-0.1, -0.05) is 18.2 Å². The summed E-state index contributed by atoms with van der Waals surface area (Å²) in [5.41, 5.74) is 0.924. The smallest absolute Gasteiger partial charge is 0.453 e. The average molecular weight is 448 g/mol. The van der Waals surface area contributed by atoms with Gasteiger partial charge in [-0.05, 0) is 38.0 Å². The monoisotopic (exact) mass is 448 g/mol. The van der Waals surface area contributed by atoms with Crippen molar-refractivity contribution in [2.45, 2.75) is 32.0 Å². The van der Waals surface area contributed by atoms with Gasteiger partial charge in [-0.3, -0.25) is 4.79 Å². The Morgan fingerprint density at radius 3 is 2.56 bits per heavy atom. The molecule has 0 saturated carbocycles. The summed E-state index contributed by atoms with van der Waals surface area (Å²) >= 11 is 0. The lowest BCUT2D eigenvalue weighted by atomic mass is 9.95. The van der Waals surface area contributed by atoms with E-state index < -0.39 is 12.0 Å². The Labute approximate surface area is 182 Å². The predicted molar refractivity (Wildman–Crippen MR) is 110 cm³/mol. The molecule has 1 fully saturated rings. The Bertz CT molecular complexity index is 1110. The van der Waals surface area contributed by atoms with Gasteiger partial charge in [0.15, 0.2) is 5.65 Å². The number of piperidine rings is 1. The molecule has 0 unspecified atom stereocenters. The number of nitrogens with zero attached hydrogens (tertiary/aromatic N) is 5. The first kappa shape index (κ1) is 21.8. The van der Waals surface area contributed by atoms with Crippen molar-refractivity contribution >= 4 is 17.4 Å². The highest BCUT2D eigenvalue weighted by molar-refractivity contribution is 5.79. The standard InChI is InChI=1S/C21H23F3N6O2/c1-13(15-5-3-4-6-16(15)32-2)25-19(31)14-9-11-29(12-10-14)18-8-7-17-26-27-20(21(22,23)24)30(17)28-18/h3-8,13-14H,9-12H2,1-2H3,(H,25,31)/t13-/m0/s1. The van der Waals surface area contributed by atoms with Crippen molar-refractivity contribution in [1.82, 2.24) is 25.1 Å². The van der Waals surface area contributed by atoms with Gasteiger partial charge >= 0.3 is 6.18 Å². The number of nitrogens with one attached hydrogen (secondary N) is 1. The number of hydrogen-bond acceptors (Lipinski definition) is 6. The summed E-state index contributed by atoms with van der Waals surface area (Å²) in [6.45, 7) is 2.91. The molecule has 1 aromatic carbocycles. The number of anilines is 1. The van der Waals surface area contributed by atoms with Crippen molar-refractivity contribution in [1.29, 1.82) is 0 Å². The number of rotatable bonds is 5. The fourth-order valence-electron chi connectivity index (χ4n) is 3.93. The number of carbonyl (C=O) groups excluding carboxylic acids is 1. The van der Waals surface area contributed by atoms with Gasteiger partial charge in [-0.2, -0.15) is 17.7 Å². The van der Waals surface area contributed by atoms with Crippen molar-refractivity contribution in [3.8, 4) is 5.75 Å². The molecule has 11 heteroatoms. The normalized spacial score (nSPS) is 16.2. The summed E-state index contributed by atoms with van der Waals surface area (Å²) < 4.78 is 45.4. The molecule has 4 rings (SSSR count). The van der Waals surface area contributed by atoms with Crippen molar-refractivity contribution < 1.29 is 22.7 Å². The number of methoxy groups -OCH3 is 1. The SMILES string of the molecule is COc1ccccc1[C@H](C)NC(=O)C1CCN(c2ccc3nnc(C(F)(F)F)n3n2)CC1. The molecule has 1 amide bonds. The number of ether oxygens (including phenoxy) is 1. The molecule has 1 saturated heterocycles. The summed E-state index contributed by atoms with van der Waals surface area (Å²) in [5, 5.41) is 13.8. The fourth-order valence-corrected chi connectivity index (χ4v) is 3.93. The zero-order valence-corrected chi connectivity index (χ0v) is 17.6. The summed E-state index contributed by atoms with van der Waals surface area (Å²) in [6.07, 6.45) is -3.51. The number of amides is 1.